The van der Waals surface area contributed by atoms with Gasteiger partial charge in [-0.25, -0.2) is 4.68 Å². The van der Waals surface area contributed by atoms with Crippen LogP contribution >= 0.6 is 12.6 Å². The maximum Gasteiger partial charge on any atom is 0.281 e. The summed E-state index contributed by atoms with van der Waals surface area (Å²) in [6, 6.07) is 10.6. The number of aromatic amines is 1. The minimum absolute atomic E-state index is 0.209. The molecule has 19 heavy (non-hydrogen) atoms. The average Bonchev–Trinajstić information content (AvgIpc) is 2.74. The number of rotatable bonds is 1. The lowest BCUT2D eigenvalue weighted by Crippen LogP contribution is -2.19. The first-order valence-corrected chi connectivity index (χ1v) is 6.13. The molecule has 0 aliphatic rings. The van der Waals surface area contributed by atoms with Crippen LogP contribution in [0.25, 0.3) is 16.6 Å². The largest absolute Gasteiger partial charge is 0.306 e. The Hall–Kier alpha value is -2.21. The van der Waals surface area contributed by atoms with Crippen LogP contribution in [0.5, 0.6) is 0 Å². The fourth-order valence-corrected chi connectivity index (χ4v) is 2.34. The summed E-state index contributed by atoms with van der Waals surface area (Å²) in [6.45, 7) is 0. The third-order valence-electron chi connectivity index (χ3n) is 3.07. The molecule has 3 rings (SSSR count). The van der Waals surface area contributed by atoms with Gasteiger partial charge in [0.25, 0.3) is 11.1 Å². The van der Waals surface area contributed by atoms with Crippen molar-refractivity contribution in [3.05, 3.63) is 57.1 Å². The summed E-state index contributed by atoms with van der Waals surface area (Å²) in [5.74, 6) is 0. The predicted molar refractivity (Wildman–Crippen MR) is 76.4 cm³/mol. The first kappa shape index (κ1) is 11.9. The van der Waals surface area contributed by atoms with E-state index >= 15 is 0 Å². The molecule has 5 nitrogen and oxygen atoms in total. The number of pyridine rings is 1. The molecule has 0 saturated heterocycles. The summed E-state index contributed by atoms with van der Waals surface area (Å²) in [5, 5.41) is 3.70. The minimum Gasteiger partial charge on any atom is -0.306 e. The van der Waals surface area contributed by atoms with Gasteiger partial charge in [-0.3, -0.25) is 14.7 Å². The molecule has 1 aromatic carbocycles. The Balaban J connectivity index is 2.43. The number of para-hydroxylation sites is 1. The molecule has 0 atom stereocenters. The topological polar surface area (TPSA) is 59.8 Å². The van der Waals surface area contributed by atoms with Gasteiger partial charge in [-0.15, -0.1) is 12.6 Å². The molecule has 0 aliphatic heterocycles. The second kappa shape index (κ2) is 4.17. The molecule has 0 aliphatic carbocycles. The molecule has 1 N–H and O–H groups in total. The van der Waals surface area contributed by atoms with Crippen LogP contribution in [-0.4, -0.2) is 14.3 Å². The van der Waals surface area contributed by atoms with Crippen LogP contribution in [0, 0.1) is 0 Å². The van der Waals surface area contributed by atoms with Crippen LogP contribution in [0.3, 0.4) is 0 Å². The molecule has 0 bridgehead atoms. The van der Waals surface area contributed by atoms with Gasteiger partial charge in [0.15, 0.2) is 0 Å². The van der Waals surface area contributed by atoms with Gasteiger partial charge in [-0.05, 0) is 12.1 Å². The Morgan fingerprint density at radius 3 is 2.53 bits per heavy atom. The van der Waals surface area contributed by atoms with E-state index in [-0.39, 0.29) is 11.1 Å². The molecule has 0 spiro atoms. The number of nitrogens with zero attached hydrogens (tertiary/aromatic N) is 2. The van der Waals surface area contributed by atoms with Crippen molar-refractivity contribution in [1.82, 2.24) is 14.3 Å². The number of H-pyrrole nitrogens is 1. The molecule has 0 amide bonds. The molecule has 6 heteroatoms. The second-order valence-corrected chi connectivity index (χ2v) is 4.67. The van der Waals surface area contributed by atoms with Crippen molar-refractivity contribution >= 4 is 23.5 Å². The monoisotopic (exact) mass is 273 g/mol. The van der Waals surface area contributed by atoms with Crippen molar-refractivity contribution in [3.8, 4) is 5.69 Å². The summed E-state index contributed by atoms with van der Waals surface area (Å²) in [4.78, 5) is 24.1. The van der Waals surface area contributed by atoms with Crippen molar-refractivity contribution in [2.24, 2.45) is 7.05 Å². The van der Waals surface area contributed by atoms with E-state index in [1.807, 2.05) is 30.3 Å². The highest BCUT2D eigenvalue weighted by atomic mass is 32.1. The van der Waals surface area contributed by atoms with E-state index in [2.05, 4.69) is 17.7 Å². The first-order valence-electron chi connectivity index (χ1n) is 5.69. The molecule has 0 radical (unpaired) electrons. The van der Waals surface area contributed by atoms with Gasteiger partial charge in [0.1, 0.15) is 0 Å². The molecule has 0 unspecified atom stereocenters. The van der Waals surface area contributed by atoms with Crippen LogP contribution in [0.1, 0.15) is 0 Å². The summed E-state index contributed by atoms with van der Waals surface area (Å²) >= 11 is 4.26. The molecule has 0 fully saturated rings. The van der Waals surface area contributed by atoms with Gasteiger partial charge >= 0.3 is 0 Å². The number of nitrogens with one attached hydrogen (secondary N) is 1. The summed E-state index contributed by atoms with van der Waals surface area (Å²) in [7, 11) is 1.59. The van der Waals surface area contributed by atoms with Gasteiger partial charge in [-0.2, -0.15) is 0 Å². The molecule has 0 saturated carbocycles. The number of hydrogen-bond donors (Lipinski definition) is 2. The van der Waals surface area contributed by atoms with Crippen LogP contribution in [0.4, 0.5) is 0 Å². The van der Waals surface area contributed by atoms with E-state index in [1.165, 1.54) is 15.3 Å². The van der Waals surface area contributed by atoms with Crippen LogP contribution < -0.4 is 11.1 Å². The van der Waals surface area contributed by atoms with E-state index < -0.39 is 0 Å². The van der Waals surface area contributed by atoms with Crippen molar-refractivity contribution in [2.75, 3.05) is 0 Å². The quantitative estimate of drug-likeness (QED) is 0.657. The van der Waals surface area contributed by atoms with E-state index in [1.54, 1.807) is 7.05 Å². The fraction of sp³-hybridized carbons (Fsp3) is 0.0769. The average molecular weight is 273 g/mol. The Labute approximate surface area is 113 Å². The van der Waals surface area contributed by atoms with Crippen molar-refractivity contribution < 1.29 is 0 Å². The lowest BCUT2D eigenvalue weighted by molar-refractivity contribution is 0.783. The van der Waals surface area contributed by atoms with E-state index in [0.717, 1.165) is 0 Å². The highest BCUT2D eigenvalue weighted by Gasteiger charge is 2.13. The number of thiol groups is 1. The third-order valence-corrected chi connectivity index (χ3v) is 3.60. The predicted octanol–water partition coefficient (Wildman–Crippen LogP) is 1.31. The van der Waals surface area contributed by atoms with Crippen LogP contribution in [-0.2, 0) is 7.05 Å². The number of aromatic nitrogens is 3. The van der Waals surface area contributed by atoms with Crippen molar-refractivity contribution in [1.29, 1.82) is 0 Å². The molecular weight excluding hydrogens is 262 g/mol. The molecular formula is C13H11N3O2S. The fourth-order valence-electron chi connectivity index (χ4n) is 2.03. The smallest absolute Gasteiger partial charge is 0.281 e. The summed E-state index contributed by atoms with van der Waals surface area (Å²) < 4.78 is 2.75. The zero-order valence-electron chi connectivity index (χ0n) is 10.1. The van der Waals surface area contributed by atoms with Crippen LogP contribution in [0.15, 0.2) is 51.0 Å². The Morgan fingerprint density at radius 1 is 1.16 bits per heavy atom. The standard InChI is InChI=1S/C13H11N3O2S/c1-15-10(17)7-9-11(13(15)19)12(18)16(14-9)8-5-3-2-4-6-8/h2-7,14,19H,1H3. The van der Waals surface area contributed by atoms with Gasteiger partial charge in [0, 0.05) is 13.1 Å². The molecule has 3 aromatic rings. The number of hydrogen-bond acceptors (Lipinski definition) is 3. The lowest BCUT2D eigenvalue weighted by Gasteiger charge is -2.00. The normalized spacial score (nSPS) is 11.1. The molecule has 2 heterocycles. The SMILES string of the molecule is Cn1c(S)c2c(=O)n(-c3ccccc3)[nH]c2cc1=O. The Kier molecular flexibility index (Phi) is 2.60. The molecule has 96 valence electrons. The second-order valence-electron chi connectivity index (χ2n) is 4.24. The first-order chi connectivity index (χ1) is 9.09. The zero-order valence-corrected chi connectivity index (χ0v) is 11.0. The number of benzene rings is 1. The zero-order chi connectivity index (χ0) is 13.6. The van der Waals surface area contributed by atoms with Crippen molar-refractivity contribution in [2.45, 2.75) is 5.03 Å². The highest BCUT2D eigenvalue weighted by Crippen LogP contribution is 2.15. The van der Waals surface area contributed by atoms with Gasteiger partial charge in [0.05, 0.1) is 21.6 Å². The highest BCUT2D eigenvalue weighted by molar-refractivity contribution is 7.80. The summed E-state index contributed by atoms with van der Waals surface area (Å²) in [6.07, 6.45) is 0. The van der Waals surface area contributed by atoms with E-state index in [0.29, 0.717) is 21.6 Å². The number of fused-ring (bicyclic) bond motifs is 1. The Morgan fingerprint density at radius 2 is 1.84 bits per heavy atom. The van der Waals surface area contributed by atoms with Crippen LogP contribution in [0.2, 0.25) is 0 Å². The van der Waals surface area contributed by atoms with Crippen molar-refractivity contribution in [3.63, 3.8) is 0 Å². The maximum absolute atomic E-state index is 12.4. The molecule has 2 aromatic heterocycles. The van der Waals surface area contributed by atoms with Gasteiger partial charge in [-0.1, -0.05) is 18.2 Å². The minimum atomic E-state index is -0.221. The third kappa shape index (κ3) is 1.72. The van der Waals surface area contributed by atoms with Gasteiger partial charge < -0.3 is 4.57 Å². The maximum atomic E-state index is 12.4. The van der Waals surface area contributed by atoms with E-state index in [4.69, 9.17) is 0 Å². The Bertz CT molecular complexity index is 875. The summed E-state index contributed by atoms with van der Waals surface area (Å²) in [5.41, 5.74) is 0.772. The van der Waals surface area contributed by atoms with E-state index in [9.17, 15) is 9.59 Å². The lowest BCUT2D eigenvalue weighted by atomic mass is 10.3. The van der Waals surface area contributed by atoms with Gasteiger partial charge in [0.2, 0.25) is 0 Å².